The van der Waals surface area contributed by atoms with Crippen molar-refractivity contribution in [1.29, 1.82) is 0 Å². The van der Waals surface area contributed by atoms with Gasteiger partial charge in [0.25, 0.3) is 0 Å². The Balaban J connectivity index is 2.14. The number of para-hydroxylation sites is 1. The highest BCUT2D eigenvalue weighted by atomic mass is 79.9. The molecule has 2 aromatic carbocycles. The smallest absolute Gasteiger partial charge is 0.352 e. The quantitative estimate of drug-likeness (QED) is 0.767. The summed E-state index contributed by atoms with van der Waals surface area (Å²) in [5.74, 6) is -1.31. The number of benzene rings is 2. The molecule has 0 bridgehead atoms. The average Bonchev–Trinajstić information content (AvgIpc) is 2.81. The van der Waals surface area contributed by atoms with Crippen molar-refractivity contribution in [2.24, 2.45) is 0 Å². The van der Waals surface area contributed by atoms with E-state index in [0.717, 1.165) is 16.5 Å². The zero-order chi connectivity index (χ0) is 15.0. The molecule has 0 aliphatic rings. The third-order valence-corrected chi connectivity index (χ3v) is 4.11. The largest absolute Gasteiger partial charge is 0.477 e. The average molecular weight is 348 g/mol. The van der Waals surface area contributed by atoms with Crippen LogP contribution in [0.4, 0.5) is 4.39 Å². The molecule has 21 heavy (non-hydrogen) atoms. The highest BCUT2D eigenvalue weighted by molar-refractivity contribution is 9.10. The van der Waals surface area contributed by atoms with Gasteiger partial charge in [-0.2, -0.15) is 0 Å². The highest BCUT2D eigenvalue weighted by Gasteiger charge is 2.15. The van der Waals surface area contributed by atoms with Crippen molar-refractivity contribution in [2.75, 3.05) is 0 Å². The Morgan fingerprint density at radius 2 is 1.95 bits per heavy atom. The molecule has 1 aromatic heterocycles. The number of rotatable bonds is 3. The van der Waals surface area contributed by atoms with Crippen molar-refractivity contribution in [1.82, 2.24) is 4.57 Å². The Hall–Kier alpha value is -2.14. The van der Waals surface area contributed by atoms with Crippen LogP contribution in [-0.4, -0.2) is 15.6 Å². The Morgan fingerprint density at radius 1 is 1.19 bits per heavy atom. The maximum Gasteiger partial charge on any atom is 0.352 e. The molecule has 0 unspecified atom stereocenters. The van der Waals surface area contributed by atoms with E-state index in [0.29, 0.717) is 11.0 Å². The zero-order valence-corrected chi connectivity index (χ0v) is 12.5. The monoisotopic (exact) mass is 347 g/mol. The summed E-state index contributed by atoms with van der Waals surface area (Å²) >= 11 is 3.32. The van der Waals surface area contributed by atoms with Gasteiger partial charge in [0.1, 0.15) is 11.5 Å². The summed E-state index contributed by atoms with van der Waals surface area (Å²) in [4.78, 5) is 11.4. The van der Waals surface area contributed by atoms with Gasteiger partial charge >= 0.3 is 5.97 Å². The topological polar surface area (TPSA) is 42.2 Å². The van der Waals surface area contributed by atoms with Crippen LogP contribution in [0, 0.1) is 5.82 Å². The first kappa shape index (κ1) is 13.8. The van der Waals surface area contributed by atoms with E-state index >= 15 is 0 Å². The third-order valence-electron chi connectivity index (χ3n) is 3.37. The van der Waals surface area contributed by atoms with Gasteiger partial charge in [0, 0.05) is 21.9 Å². The van der Waals surface area contributed by atoms with Crippen molar-refractivity contribution < 1.29 is 14.3 Å². The van der Waals surface area contributed by atoms with E-state index in [1.54, 1.807) is 16.7 Å². The minimum absolute atomic E-state index is 0.215. The van der Waals surface area contributed by atoms with E-state index < -0.39 is 5.97 Å². The van der Waals surface area contributed by atoms with Crippen LogP contribution in [-0.2, 0) is 6.54 Å². The zero-order valence-electron chi connectivity index (χ0n) is 10.9. The number of halogens is 2. The molecule has 0 amide bonds. The van der Waals surface area contributed by atoms with Gasteiger partial charge in [0.05, 0.1) is 0 Å². The van der Waals surface area contributed by atoms with Crippen LogP contribution >= 0.6 is 15.9 Å². The van der Waals surface area contributed by atoms with Gasteiger partial charge in [-0.15, -0.1) is 0 Å². The minimum atomic E-state index is -0.982. The van der Waals surface area contributed by atoms with Gasteiger partial charge in [-0.25, -0.2) is 9.18 Å². The summed E-state index contributed by atoms with van der Waals surface area (Å²) in [6.45, 7) is 0.357. The molecular formula is C16H11BrFNO2. The number of carbonyl (C=O) groups is 1. The maximum absolute atomic E-state index is 13.2. The van der Waals surface area contributed by atoms with Crippen LogP contribution in [0.3, 0.4) is 0 Å². The molecule has 3 rings (SSSR count). The van der Waals surface area contributed by atoms with Gasteiger partial charge in [-0.1, -0.05) is 40.2 Å². The molecule has 0 aliphatic carbocycles. The molecule has 1 N–H and O–H groups in total. The van der Waals surface area contributed by atoms with E-state index in [-0.39, 0.29) is 11.5 Å². The molecule has 0 aliphatic heterocycles. The molecule has 0 spiro atoms. The Kier molecular flexibility index (Phi) is 3.51. The predicted octanol–water partition coefficient (Wildman–Crippen LogP) is 4.29. The summed E-state index contributed by atoms with van der Waals surface area (Å²) in [5.41, 5.74) is 1.87. The van der Waals surface area contributed by atoms with Crippen molar-refractivity contribution in [3.8, 4) is 0 Å². The normalized spacial score (nSPS) is 11.0. The fraction of sp³-hybridized carbons (Fsp3) is 0.0625. The third kappa shape index (κ3) is 2.56. The lowest BCUT2D eigenvalue weighted by atomic mass is 10.2. The highest BCUT2D eigenvalue weighted by Crippen LogP contribution is 2.24. The van der Waals surface area contributed by atoms with Crippen LogP contribution < -0.4 is 0 Å². The molecule has 3 nitrogen and oxygen atoms in total. The van der Waals surface area contributed by atoms with Crippen LogP contribution in [0.5, 0.6) is 0 Å². The van der Waals surface area contributed by atoms with E-state index in [2.05, 4.69) is 15.9 Å². The lowest BCUT2D eigenvalue weighted by Crippen LogP contribution is -2.09. The van der Waals surface area contributed by atoms with Gasteiger partial charge in [0.2, 0.25) is 0 Å². The first-order valence-corrected chi connectivity index (χ1v) is 7.11. The van der Waals surface area contributed by atoms with Crippen molar-refractivity contribution in [3.63, 3.8) is 0 Å². The molecule has 0 radical (unpaired) electrons. The van der Waals surface area contributed by atoms with Crippen LogP contribution in [0.1, 0.15) is 16.1 Å². The molecule has 106 valence electrons. The fourth-order valence-corrected chi connectivity index (χ4v) is 2.85. The minimum Gasteiger partial charge on any atom is -0.477 e. The second-order valence-corrected chi connectivity index (χ2v) is 5.57. The van der Waals surface area contributed by atoms with E-state index in [4.69, 9.17) is 0 Å². The number of hydrogen-bond donors (Lipinski definition) is 1. The number of carboxylic acid groups (broad SMARTS) is 1. The molecular weight excluding hydrogens is 337 g/mol. The molecule has 0 saturated heterocycles. The molecule has 0 saturated carbocycles. The first-order valence-electron chi connectivity index (χ1n) is 6.32. The Labute approximate surface area is 128 Å². The maximum atomic E-state index is 13.2. The van der Waals surface area contributed by atoms with E-state index in [9.17, 15) is 14.3 Å². The lowest BCUT2D eigenvalue weighted by Gasteiger charge is -2.10. The summed E-state index contributed by atoms with van der Waals surface area (Å²) in [6.07, 6.45) is 0. The molecule has 3 aromatic rings. The fourth-order valence-electron chi connectivity index (χ4n) is 2.38. The van der Waals surface area contributed by atoms with E-state index in [1.807, 2.05) is 24.3 Å². The van der Waals surface area contributed by atoms with Crippen molar-refractivity contribution in [2.45, 2.75) is 6.54 Å². The summed E-state index contributed by atoms with van der Waals surface area (Å²) in [5, 5.41) is 10.2. The Bertz CT molecular complexity index is 841. The SMILES string of the molecule is O=C(O)c1cc2ccccc2n1Cc1ccc(F)cc1Br. The number of fused-ring (bicyclic) bond motifs is 1. The molecule has 5 heteroatoms. The second-order valence-electron chi connectivity index (χ2n) is 4.72. The molecule has 0 fully saturated rings. The number of carboxylic acids is 1. The number of nitrogens with zero attached hydrogens (tertiary/aromatic N) is 1. The summed E-state index contributed by atoms with van der Waals surface area (Å²) in [7, 11) is 0. The summed E-state index contributed by atoms with van der Waals surface area (Å²) < 4.78 is 15.5. The van der Waals surface area contributed by atoms with Gasteiger partial charge in [-0.05, 0) is 29.8 Å². The number of aromatic nitrogens is 1. The van der Waals surface area contributed by atoms with Crippen LogP contribution in [0.25, 0.3) is 10.9 Å². The number of hydrogen-bond acceptors (Lipinski definition) is 1. The van der Waals surface area contributed by atoms with Crippen LogP contribution in [0.15, 0.2) is 53.0 Å². The summed E-state index contributed by atoms with van der Waals surface area (Å²) in [6, 6.07) is 13.5. The second kappa shape index (κ2) is 5.33. The van der Waals surface area contributed by atoms with Crippen LogP contribution in [0.2, 0.25) is 0 Å². The van der Waals surface area contributed by atoms with Gasteiger partial charge in [-0.3, -0.25) is 0 Å². The molecule has 0 atom stereocenters. The molecule has 1 heterocycles. The van der Waals surface area contributed by atoms with Gasteiger partial charge in [0.15, 0.2) is 0 Å². The predicted molar refractivity (Wildman–Crippen MR) is 82.1 cm³/mol. The van der Waals surface area contributed by atoms with E-state index in [1.165, 1.54) is 12.1 Å². The van der Waals surface area contributed by atoms with Crippen molar-refractivity contribution in [3.05, 3.63) is 70.1 Å². The first-order chi connectivity index (χ1) is 10.1. The van der Waals surface area contributed by atoms with Crippen molar-refractivity contribution >= 4 is 32.8 Å². The Morgan fingerprint density at radius 3 is 2.67 bits per heavy atom. The lowest BCUT2D eigenvalue weighted by molar-refractivity contribution is 0.0686. The standard InChI is InChI=1S/C16H11BrFNO2/c17-13-8-12(18)6-5-11(13)9-19-14-4-2-1-3-10(14)7-15(19)16(20)21/h1-8H,9H2,(H,20,21). The van der Waals surface area contributed by atoms with Gasteiger partial charge < -0.3 is 9.67 Å². The number of aromatic carboxylic acids is 1.